The van der Waals surface area contributed by atoms with Gasteiger partial charge in [-0.25, -0.2) is 9.13 Å². The fourth-order valence-electron chi connectivity index (χ4n) is 4.39. The van der Waals surface area contributed by atoms with Crippen molar-refractivity contribution in [1.82, 2.24) is 4.57 Å². The number of benzene rings is 2. The molecular weight excluding hydrogens is 340 g/mol. The number of rotatable bonds is 10. The molecule has 0 radical (unpaired) electrons. The summed E-state index contributed by atoms with van der Waals surface area (Å²) in [6.45, 7) is 8.11. The van der Waals surface area contributed by atoms with E-state index in [9.17, 15) is 0 Å². The average molecular weight is 376 g/mol. The maximum atomic E-state index is 2.47. The van der Waals surface area contributed by atoms with Crippen molar-refractivity contribution in [2.24, 2.45) is 0 Å². The fraction of sp³-hybridized carbons (Fsp3) is 0.423. The van der Waals surface area contributed by atoms with Gasteiger partial charge in [-0.1, -0.05) is 94.3 Å². The number of aryl methyl sites for hydroxylation is 1. The summed E-state index contributed by atoms with van der Waals surface area (Å²) in [4.78, 5) is 0. The van der Waals surface area contributed by atoms with Gasteiger partial charge < -0.3 is 0 Å². The lowest BCUT2D eigenvalue weighted by Crippen LogP contribution is -2.37. The van der Waals surface area contributed by atoms with E-state index in [1.54, 1.807) is 0 Å². The summed E-state index contributed by atoms with van der Waals surface area (Å²) in [5, 5.41) is 0. The van der Waals surface area contributed by atoms with Crippen LogP contribution in [0.5, 0.6) is 0 Å². The number of hydrogen-bond acceptors (Lipinski definition) is 0. The van der Waals surface area contributed by atoms with Crippen molar-refractivity contribution < 1.29 is 4.57 Å². The first-order chi connectivity index (χ1) is 13.7. The second-order valence-electron chi connectivity index (χ2n) is 8.20. The number of aromatic nitrogens is 2. The number of hydrogen-bond donors (Lipinski definition) is 0. The summed E-state index contributed by atoms with van der Waals surface area (Å²) in [5.74, 6) is 0. The average Bonchev–Trinajstić information content (AvgIpc) is 3.20. The van der Waals surface area contributed by atoms with Crippen LogP contribution in [0.15, 0.2) is 79.4 Å². The maximum absolute atomic E-state index is 2.47. The van der Waals surface area contributed by atoms with E-state index in [2.05, 4.69) is 109 Å². The zero-order chi connectivity index (χ0) is 19.8. The predicted molar refractivity (Wildman–Crippen MR) is 117 cm³/mol. The molecule has 2 atom stereocenters. The van der Waals surface area contributed by atoms with Crippen LogP contribution in [0.3, 0.4) is 0 Å². The summed E-state index contributed by atoms with van der Waals surface area (Å²) in [6.07, 6.45) is 12.7. The van der Waals surface area contributed by atoms with E-state index in [1.807, 2.05) is 0 Å². The Kier molecular flexibility index (Phi) is 7.08. The molecule has 0 amide bonds. The first-order valence-electron chi connectivity index (χ1n) is 10.8. The SMILES string of the molecule is CCCC[n+]1ccn(C(CCC)C(C)(Cc2ccccc2)c2ccccc2)c1. The molecule has 0 fully saturated rings. The van der Waals surface area contributed by atoms with E-state index in [-0.39, 0.29) is 5.41 Å². The molecule has 0 N–H and O–H groups in total. The van der Waals surface area contributed by atoms with Gasteiger partial charge in [0.25, 0.3) is 0 Å². The summed E-state index contributed by atoms with van der Waals surface area (Å²) < 4.78 is 4.81. The zero-order valence-corrected chi connectivity index (χ0v) is 17.7. The third-order valence-corrected chi connectivity index (χ3v) is 5.99. The summed E-state index contributed by atoms with van der Waals surface area (Å²) in [7, 11) is 0. The van der Waals surface area contributed by atoms with Gasteiger partial charge in [-0.05, 0) is 30.4 Å². The molecule has 0 spiro atoms. The van der Waals surface area contributed by atoms with Gasteiger partial charge in [-0.3, -0.25) is 0 Å². The number of imidazole rings is 1. The van der Waals surface area contributed by atoms with Crippen LogP contribution in [0.4, 0.5) is 0 Å². The molecular formula is C26H35N2+. The third-order valence-electron chi connectivity index (χ3n) is 5.99. The van der Waals surface area contributed by atoms with E-state index < -0.39 is 0 Å². The van der Waals surface area contributed by atoms with E-state index in [4.69, 9.17) is 0 Å². The normalized spacial score (nSPS) is 14.5. The van der Waals surface area contributed by atoms with Crippen LogP contribution < -0.4 is 4.57 Å². The quantitative estimate of drug-likeness (QED) is 0.378. The largest absolute Gasteiger partial charge is 0.244 e. The second-order valence-corrected chi connectivity index (χ2v) is 8.20. The van der Waals surface area contributed by atoms with Gasteiger partial charge in [0.2, 0.25) is 6.33 Å². The molecule has 3 aromatic rings. The Morgan fingerprint density at radius 1 is 0.929 bits per heavy atom. The molecule has 1 heterocycles. The molecule has 2 aromatic carbocycles. The minimum absolute atomic E-state index is 0.0280. The predicted octanol–water partition coefficient (Wildman–Crippen LogP) is 6.12. The van der Waals surface area contributed by atoms with Gasteiger partial charge in [0, 0.05) is 5.41 Å². The van der Waals surface area contributed by atoms with Crippen LogP contribution in [0.1, 0.15) is 63.6 Å². The molecule has 28 heavy (non-hydrogen) atoms. The van der Waals surface area contributed by atoms with E-state index in [0.717, 1.165) is 13.0 Å². The minimum Gasteiger partial charge on any atom is -0.237 e. The van der Waals surface area contributed by atoms with Crippen molar-refractivity contribution in [3.05, 3.63) is 90.5 Å². The van der Waals surface area contributed by atoms with Crippen LogP contribution in [0, 0.1) is 0 Å². The Morgan fingerprint density at radius 3 is 2.25 bits per heavy atom. The first-order valence-corrected chi connectivity index (χ1v) is 10.8. The molecule has 1 aromatic heterocycles. The highest BCUT2D eigenvalue weighted by Crippen LogP contribution is 2.41. The summed E-state index contributed by atoms with van der Waals surface area (Å²) >= 11 is 0. The number of unbranched alkanes of at least 4 members (excludes halogenated alkanes) is 1. The molecule has 148 valence electrons. The highest BCUT2D eigenvalue weighted by molar-refractivity contribution is 5.30. The minimum atomic E-state index is 0.0280. The Bertz CT molecular complexity index is 822. The van der Waals surface area contributed by atoms with Crippen molar-refractivity contribution in [2.45, 2.75) is 70.9 Å². The van der Waals surface area contributed by atoms with E-state index in [0.29, 0.717) is 6.04 Å². The standard InChI is InChI=1S/C26H35N2/c1-4-6-18-27-19-20-28(22-27)25(13-5-2)26(3,24-16-11-8-12-17-24)21-23-14-9-7-10-15-23/h7-12,14-17,19-20,22,25H,4-6,13,18,21H2,1-3H3/q+1. The molecule has 2 heteroatoms. The van der Waals surface area contributed by atoms with Crippen molar-refractivity contribution >= 4 is 0 Å². The molecule has 0 saturated carbocycles. The fourth-order valence-corrected chi connectivity index (χ4v) is 4.39. The summed E-state index contributed by atoms with van der Waals surface area (Å²) in [6, 6.07) is 22.5. The molecule has 0 bridgehead atoms. The topological polar surface area (TPSA) is 8.81 Å². The summed E-state index contributed by atoms with van der Waals surface area (Å²) in [5.41, 5.74) is 2.85. The lowest BCUT2D eigenvalue weighted by atomic mass is 9.70. The molecule has 0 aliphatic rings. The molecule has 0 aliphatic carbocycles. The van der Waals surface area contributed by atoms with E-state index in [1.165, 1.54) is 36.8 Å². The smallest absolute Gasteiger partial charge is 0.237 e. The third kappa shape index (κ3) is 4.73. The van der Waals surface area contributed by atoms with E-state index >= 15 is 0 Å². The van der Waals surface area contributed by atoms with Crippen LogP contribution in [0.25, 0.3) is 0 Å². The lowest BCUT2D eigenvalue weighted by Gasteiger charge is -2.36. The maximum Gasteiger partial charge on any atom is 0.244 e. The lowest BCUT2D eigenvalue weighted by molar-refractivity contribution is -0.697. The van der Waals surface area contributed by atoms with Crippen LogP contribution >= 0.6 is 0 Å². The van der Waals surface area contributed by atoms with Crippen molar-refractivity contribution in [3.63, 3.8) is 0 Å². The van der Waals surface area contributed by atoms with Crippen LogP contribution in [-0.2, 0) is 18.4 Å². The Labute approximate surface area is 170 Å². The number of nitrogens with zero attached hydrogens (tertiary/aromatic N) is 2. The molecule has 2 nitrogen and oxygen atoms in total. The Balaban J connectivity index is 2.01. The van der Waals surface area contributed by atoms with Gasteiger partial charge in [0.15, 0.2) is 0 Å². The molecule has 2 unspecified atom stereocenters. The Morgan fingerprint density at radius 2 is 1.61 bits per heavy atom. The van der Waals surface area contributed by atoms with Gasteiger partial charge >= 0.3 is 0 Å². The van der Waals surface area contributed by atoms with Crippen molar-refractivity contribution in [2.75, 3.05) is 0 Å². The van der Waals surface area contributed by atoms with Gasteiger partial charge in [-0.15, -0.1) is 0 Å². The van der Waals surface area contributed by atoms with Crippen LogP contribution in [0.2, 0.25) is 0 Å². The van der Waals surface area contributed by atoms with Crippen molar-refractivity contribution in [1.29, 1.82) is 0 Å². The van der Waals surface area contributed by atoms with Crippen molar-refractivity contribution in [3.8, 4) is 0 Å². The molecule has 0 aliphatic heterocycles. The molecule has 3 rings (SSSR count). The highest BCUT2D eigenvalue weighted by atomic mass is 15.1. The second kappa shape index (κ2) is 9.73. The monoisotopic (exact) mass is 375 g/mol. The first kappa shape index (κ1) is 20.4. The van der Waals surface area contributed by atoms with Crippen LogP contribution in [-0.4, -0.2) is 4.57 Å². The highest BCUT2D eigenvalue weighted by Gasteiger charge is 2.39. The molecule has 0 saturated heterocycles. The Hall–Kier alpha value is -2.35. The van der Waals surface area contributed by atoms with Gasteiger partial charge in [0.1, 0.15) is 18.4 Å². The van der Waals surface area contributed by atoms with Gasteiger partial charge in [0.05, 0.1) is 6.54 Å². The zero-order valence-electron chi connectivity index (χ0n) is 17.7. The van der Waals surface area contributed by atoms with Gasteiger partial charge in [-0.2, -0.15) is 0 Å².